The molecule has 1 saturated carbocycles. The molecule has 2 heterocycles. The lowest BCUT2D eigenvalue weighted by atomic mass is 10.1. The van der Waals surface area contributed by atoms with Gasteiger partial charge in [0.2, 0.25) is 0 Å². The van der Waals surface area contributed by atoms with Crippen molar-refractivity contribution in [2.45, 2.75) is 31.4 Å². The number of rotatable bonds is 4. The monoisotopic (exact) mass is 197 g/mol. The highest BCUT2D eigenvalue weighted by atomic mass is 16.5. The van der Waals surface area contributed by atoms with E-state index in [-0.39, 0.29) is 0 Å². The third kappa shape index (κ3) is 1.47. The smallest absolute Gasteiger partial charge is 0.0718 e. The van der Waals surface area contributed by atoms with E-state index in [0.29, 0.717) is 17.6 Å². The second-order valence-corrected chi connectivity index (χ2v) is 5.21. The Labute approximate surface area is 85.4 Å². The number of methoxy groups -OCH3 is 1. The highest BCUT2D eigenvalue weighted by Gasteiger charge is 2.48. The fourth-order valence-electron chi connectivity index (χ4n) is 2.93. The first-order valence-electron chi connectivity index (χ1n) is 5.66. The number of likely N-dealkylation sites (tertiary alicyclic amines) is 1. The zero-order valence-corrected chi connectivity index (χ0v) is 8.87. The van der Waals surface area contributed by atoms with Crippen LogP contribution in [0.3, 0.4) is 0 Å². The molecule has 3 rings (SSSR count). The highest BCUT2D eigenvalue weighted by molar-refractivity contribution is 5.00. The van der Waals surface area contributed by atoms with Crippen LogP contribution in [0.25, 0.3) is 0 Å². The standard InChI is InChI=1S/C11H19NO2/c1-13-8-11(2-3-11)7-12-5-10-4-9(12)6-14-10/h9-10H,2-8H2,1H3/t9-,10-/m1/s1. The normalized spacial score (nSPS) is 39.2. The van der Waals surface area contributed by atoms with Gasteiger partial charge >= 0.3 is 0 Å². The van der Waals surface area contributed by atoms with E-state index in [1.165, 1.54) is 25.8 Å². The molecule has 2 saturated heterocycles. The molecule has 80 valence electrons. The molecule has 0 aromatic carbocycles. The molecule has 2 aliphatic heterocycles. The van der Waals surface area contributed by atoms with Crippen molar-refractivity contribution in [2.75, 3.05) is 33.4 Å². The molecule has 14 heavy (non-hydrogen) atoms. The van der Waals surface area contributed by atoms with Gasteiger partial charge < -0.3 is 9.47 Å². The van der Waals surface area contributed by atoms with Crippen molar-refractivity contribution < 1.29 is 9.47 Å². The Balaban J connectivity index is 1.58. The van der Waals surface area contributed by atoms with Crippen molar-refractivity contribution in [2.24, 2.45) is 5.41 Å². The van der Waals surface area contributed by atoms with E-state index in [0.717, 1.165) is 19.8 Å². The van der Waals surface area contributed by atoms with Gasteiger partial charge in [0, 0.05) is 31.7 Å². The van der Waals surface area contributed by atoms with Gasteiger partial charge in [-0.2, -0.15) is 0 Å². The SMILES string of the molecule is COCC1(CN2C[C@H]3C[C@@H]2CO3)CC1. The molecular weight excluding hydrogens is 178 g/mol. The summed E-state index contributed by atoms with van der Waals surface area (Å²) in [5.74, 6) is 0. The second kappa shape index (κ2) is 3.19. The summed E-state index contributed by atoms with van der Waals surface area (Å²) in [6.07, 6.45) is 4.52. The van der Waals surface area contributed by atoms with Gasteiger partial charge in [-0.1, -0.05) is 0 Å². The fraction of sp³-hybridized carbons (Fsp3) is 1.00. The molecule has 3 fully saturated rings. The Morgan fingerprint density at radius 1 is 1.50 bits per heavy atom. The van der Waals surface area contributed by atoms with Gasteiger partial charge in [-0.25, -0.2) is 0 Å². The van der Waals surface area contributed by atoms with Crippen molar-refractivity contribution in [3.63, 3.8) is 0 Å². The number of hydrogen-bond acceptors (Lipinski definition) is 3. The predicted molar refractivity (Wildman–Crippen MR) is 53.3 cm³/mol. The first-order valence-corrected chi connectivity index (χ1v) is 5.66. The second-order valence-electron chi connectivity index (χ2n) is 5.21. The number of morpholine rings is 1. The molecule has 2 bridgehead atoms. The zero-order chi connectivity index (χ0) is 9.60. The molecule has 3 nitrogen and oxygen atoms in total. The number of ether oxygens (including phenoxy) is 2. The quantitative estimate of drug-likeness (QED) is 0.668. The maximum atomic E-state index is 5.60. The maximum Gasteiger partial charge on any atom is 0.0718 e. The van der Waals surface area contributed by atoms with E-state index in [1.807, 2.05) is 7.11 Å². The average Bonchev–Trinajstić information content (AvgIpc) is 2.63. The molecule has 0 amide bonds. The van der Waals surface area contributed by atoms with Crippen LogP contribution in [0.15, 0.2) is 0 Å². The molecule has 0 N–H and O–H groups in total. The lowest BCUT2D eigenvalue weighted by molar-refractivity contribution is 0.0135. The lowest BCUT2D eigenvalue weighted by Crippen LogP contribution is -2.41. The largest absolute Gasteiger partial charge is 0.384 e. The van der Waals surface area contributed by atoms with Crippen LogP contribution in [-0.4, -0.2) is 50.5 Å². The molecule has 0 spiro atoms. The van der Waals surface area contributed by atoms with E-state index in [4.69, 9.17) is 9.47 Å². The summed E-state index contributed by atoms with van der Waals surface area (Å²) in [4.78, 5) is 2.63. The first-order chi connectivity index (χ1) is 6.81. The Kier molecular flexibility index (Phi) is 2.08. The molecule has 2 atom stereocenters. The van der Waals surface area contributed by atoms with E-state index >= 15 is 0 Å². The van der Waals surface area contributed by atoms with Crippen LogP contribution in [0, 0.1) is 5.41 Å². The summed E-state index contributed by atoms with van der Waals surface area (Å²) in [7, 11) is 1.82. The number of nitrogens with zero attached hydrogens (tertiary/aromatic N) is 1. The van der Waals surface area contributed by atoms with Crippen molar-refractivity contribution in [3.05, 3.63) is 0 Å². The van der Waals surface area contributed by atoms with Crippen LogP contribution < -0.4 is 0 Å². The van der Waals surface area contributed by atoms with Crippen LogP contribution in [0.4, 0.5) is 0 Å². The van der Waals surface area contributed by atoms with Gasteiger partial charge in [0.15, 0.2) is 0 Å². The molecule has 3 aliphatic rings. The minimum Gasteiger partial charge on any atom is -0.384 e. The van der Waals surface area contributed by atoms with E-state index in [9.17, 15) is 0 Å². The van der Waals surface area contributed by atoms with Gasteiger partial charge in [0.25, 0.3) is 0 Å². The lowest BCUT2D eigenvalue weighted by Gasteiger charge is -2.30. The van der Waals surface area contributed by atoms with Gasteiger partial charge in [-0.05, 0) is 19.3 Å². The van der Waals surface area contributed by atoms with Crippen molar-refractivity contribution in [1.29, 1.82) is 0 Å². The Bertz CT molecular complexity index is 227. The Hall–Kier alpha value is -0.120. The first kappa shape index (κ1) is 9.13. The summed E-state index contributed by atoms with van der Waals surface area (Å²) >= 11 is 0. The third-order valence-corrected chi connectivity index (χ3v) is 3.96. The van der Waals surface area contributed by atoms with Gasteiger partial charge in [-0.15, -0.1) is 0 Å². The third-order valence-electron chi connectivity index (χ3n) is 3.96. The van der Waals surface area contributed by atoms with Crippen LogP contribution in [-0.2, 0) is 9.47 Å². The van der Waals surface area contributed by atoms with Crippen molar-refractivity contribution in [1.82, 2.24) is 4.90 Å². The van der Waals surface area contributed by atoms with Gasteiger partial charge in [-0.3, -0.25) is 4.90 Å². The molecule has 0 unspecified atom stereocenters. The van der Waals surface area contributed by atoms with Gasteiger partial charge in [0.05, 0.1) is 19.3 Å². The van der Waals surface area contributed by atoms with E-state index in [1.54, 1.807) is 0 Å². The fourth-order valence-corrected chi connectivity index (χ4v) is 2.93. The number of fused-ring (bicyclic) bond motifs is 2. The van der Waals surface area contributed by atoms with Crippen LogP contribution in [0.2, 0.25) is 0 Å². The average molecular weight is 197 g/mol. The number of hydrogen-bond donors (Lipinski definition) is 0. The van der Waals surface area contributed by atoms with Crippen LogP contribution in [0.1, 0.15) is 19.3 Å². The maximum absolute atomic E-state index is 5.60. The summed E-state index contributed by atoms with van der Waals surface area (Å²) in [6, 6.07) is 0.717. The minimum atomic E-state index is 0.513. The predicted octanol–water partition coefficient (Wildman–Crippen LogP) is 0.886. The van der Waals surface area contributed by atoms with Gasteiger partial charge in [0.1, 0.15) is 0 Å². The molecule has 0 aromatic heterocycles. The van der Waals surface area contributed by atoms with Crippen LogP contribution >= 0.6 is 0 Å². The Morgan fingerprint density at radius 3 is 2.86 bits per heavy atom. The Morgan fingerprint density at radius 2 is 2.36 bits per heavy atom. The van der Waals surface area contributed by atoms with Crippen LogP contribution in [0.5, 0.6) is 0 Å². The van der Waals surface area contributed by atoms with E-state index in [2.05, 4.69) is 4.90 Å². The molecule has 0 aromatic rings. The van der Waals surface area contributed by atoms with E-state index < -0.39 is 0 Å². The van der Waals surface area contributed by atoms with Crippen molar-refractivity contribution in [3.8, 4) is 0 Å². The topological polar surface area (TPSA) is 21.7 Å². The summed E-state index contributed by atoms with van der Waals surface area (Å²) in [5.41, 5.74) is 0.513. The zero-order valence-electron chi connectivity index (χ0n) is 8.87. The summed E-state index contributed by atoms with van der Waals surface area (Å²) in [6.45, 7) is 4.32. The molecular formula is C11H19NO2. The summed E-state index contributed by atoms with van der Waals surface area (Å²) in [5, 5.41) is 0. The highest BCUT2D eigenvalue weighted by Crippen LogP contribution is 2.47. The minimum absolute atomic E-state index is 0.513. The molecule has 3 heteroatoms. The summed E-state index contributed by atoms with van der Waals surface area (Å²) < 4.78 is 10.9. The molecule has 1 aliphatic carbocycles. The van der Waals surface area contributed by atoms with Crippen molar-refractivity contribution >= 4 is 0 Å². The molecule has 0 radical (unpaired) electrons.